The van der Waals surface area contributed by atoms with Crippen molar-refractivity contribution in [1.29, 1.82) is 0 Å². The molecule has 0 amide bonds. The zero-order chi connectivity index (χ0) is 20.7. The number of hydrogen-bond donors (Lipinski definition) is 0. The van der Waals surface area contributed by atoms with E-state index in [0.717, 1.165) is 21.1 Å². The van der Waals surface area contributed by atoms with Gasteiger partial charge in [-0.3, -0.25) is 0 Å². The first kappa shape index (κ1) is 19.7. The number of rotatable bonds is 3. The normalized spacial score (nSPS) is 12.4. The third-order valence-electron chi connectivity index (χ3n) is 4.11. The molecule has 3 rings (SSSR count). The summed E-state index contributed by atoms with van der Waals surface area (Å²) in [5, 5.41) is 3.78. The van der Waals surface area contributed by atoms with E-state index in [1.54, 1.807) is 24.3 Å². The zero-order valence-electron chi connectivity index (χ0n) is 14.3. The summed E-state index contributed by atoms with van der Waals surface area (Å²) in [6.45, 7) is 1.23. The van der Waals surface area contributed by atoms with Crippen molar-refractivity contribution in [2.24, 2.45) is 0 Å². The lowest BCUT2D eigenvalue weighted by Crippen LogP contribution is -2.25. The summed E-state index contributed by atoms with van der Waals surface area (Å²) in [6, 6.07) is 8.07. The molecular formula is C18H13F6N3O. The number of nitrogens with zero attached hydrogens (tertiary/aromatic N) is 3. The molecular weight excluding hydrogens is 388 g/mol. The molecule has 0 N–H and O–H groups in total. The van der Waals surface area contributed by atoms with Crippen LogP contribution in [-0.2, 0) is 18.9 Å². The molecule has 148 valence electrons. The summed E-state index contributed by atoms with van der Waals surface area (Å²) in [7, 11) is 0. The second kappa shape index (κ2) is 6.84. The van der Waals surface area contributed by atoms with E-state index in [9.17, 15) is 31.1 Å². The van der Waals surface area contributed by atoms with Crippen LogP contribution in [0.3, 0.4) is 0 Å². The minimum Gasteiger partial charge on any atom is -0.250 e. The van der Waals surface area contributed by atoms with E-state index in [1.165, 1.54) is 0 Å². The van der Waals surface area contributed by atoms with Crippen LogP contribution in [0.4, 0.5) is 26.3 Å². The van der Waals surface area contributed by atoms with Gasteiger partial charge in [0.05, 0.1) is 23.4 Å². The lowest BCUT2D eigenvalue weighted by molar-refractivity contribution is -0.143. The Labute approximate surface area is 154 Å². The molecule has 0 atom stereocenters. The molecule has 0 aliphatic heterocycles. The highest BCUT2D eigenvalue weighted by Gasteiger charge is 2.38. The van der Waals surface area contributed by atoms with Gasteiger partial charge >= 0.3 is 18.0 Å². The van der Waals surface area contributed by atoms with E-state index in [2.05, 4.69) is 5.10 Å². The minimum absolute atomic E-state index is 0.0390. The van der Waals surface area contributed by atoms with E-state index in [0.29, 0.717) is 17.8 Å². The Morgan fingerprint density at radius 3 is 2.14 bits per heavy atom. The molecule has 0 aliphatic carbocycles. The number of halogens is 6. The number of benzene rings is 2. The van der Waals surface area contributed by atoms with Crippen LogP contribution in [0, 0.1) is 6.92 Å². The number of alkyl halides is 6. The van der Waals surface area contributed by atoms with E-state index in [1.807, 2.05) is 6.92 Å². The smallest absolute Gasteiger partial charge is 0.250 e. The molecule has 1 aromatic heterocycles. The third-order valence-corrected chi connectivity index (χ3v) is 4.11. The fourth-order valence-electron chi connectivity index (χ4n) is 2.64. The second-order valence-electron chi connectivity index (χ2n) is 6.14. The van der Waals surface area contributed by atoms with E-state index < -0.39 is 41.3 Å². The van der Waals surface area contributed by atoms with E-state index >= 15 is 0 Å². The van der Waals surface area contributed by atoms with Crippen LogP contribution in [0.1, 0.15) is 22.3 Å². The molecule has 0 fully saturated rings. The van der Waals surface area contributed by atoms with Gasteiger partial charge in [-0.25, -0.2) is 14.0 Å². The van der Waals surface area contributed by atoms with Crippen molar-refractivity contribution >= 4 is 0 Å². The number of aromatic nitrogens is 3. The molecule has 0 radical (unpaired) electrons. The monoisotopic (exact) mass is 401 g/mol. The number of aryl methyl sites for hydroxylation is 1. The van der Waals surface area contributed by atoms with Crippen LogP contribution in [0.5, 0.6) is 0 Å². The van der Waals surface area contributed by atoms with E-state index in [4.69, 9.17) is 0 Å². The van der Waals surface area contributed by atoms with Crippen LogP contribution < -0.4 is 5.69 Å². The molecule has 10 heteroatoms. The van der Waals surface area contributed by atoms with Gasteiger partial charge in [0.1, 0.15) is 6.33 Å². The van der Waals surface area contributed by atoms with E-state index in [-0.39, 0.29) is 6.07 Å². The molecule has 0 spiro atoms. The number of hydrogen-bond acceptors (Lipinski definition) is 2. The van der Waals surface area contributed by atoms with Crippen LogP contribution >= 0.6 is 0 Å². The molecule has 0 saturated heterocycles. The summed E-state index contributed by atoms with van der Waals surface area (Å²) in [4.78, 5) is 12.4. The van der Waals surface area contributed by atoms with Crippen molar-refractivity contribution in [3.8, 4) is 5.69 Å². The quantitative estimate of drug-likeness (QED) is 0.610. The summed E-state index contributed by atoms with van der Waals surface area (Å²) in [5.41, 5.74) is -2.66. The highest BCUT2D eigenvalue weighted by Crippen LogP contribution is 2.37. The van der Waals surface area contributed by atoms with Gasteiger partial charge < -0.3 is 0 Å². The second-order valence-corrected chi connectivity index (χ2v) is 6.14. The molecule has 3 aromatic rings. The van der Waals surface area contributed by atoms with Gasteiger partial charge in [0.15, 0.2) is 0 Å². The molecule has 0 aliphatic rings. The fraction of sp³-hybridized carbons (Fsp3) is 0.222. The summed E-state index contributed by atoms with van der Waals surface area (Å²) in [6.07, 6.45) is -8.79. The average Bonchev–Trinajstić information content (AvgIpc) is 2.95. The van der Waals surface area contributed by atoms with Gasteiger partial charge in [-0.05, 0) is 36.8 Å². The lowest BCUT2D eigenvalue weighted by atomic mass is 10.0. The maximum absolute atomic E-state index is 13.2. The molecule has 0 unspecified atom stereocenters. The standard InChI is InChI=1S/C18H13F6N3O/c1-11-2-6-14(7-3-11)26-10-25-27(16(26)28)9-12-4-5-13(17(19,20)21)8-15(12)18(22,23)24/h2-8,10H,9H2,1H3. The van der Waals surface area contributed by atoms with Crippen LogP contribution in [0.25, 0.3) is 5.69 Å². The Morgan fingerprint density at radius 1 is 0.929 bits per heavy atom. The first-order valence-corrected chi connectivity index (χ1v) is 7.95. The Kier molecular flexibility index (Phi) is 4.82. The van der Waals surface area contributed by atoms with Gasteiger partial charge in [-0.1, -0.05) is 23.8 Å². The minimum atomic E-state index is -5.01. The van der Waals surface area contributed by atoms with Crippen molar-refractivity contribution in [3.63, 3.8) is 0 Å². The van der Waals surface area contributed by atoms with Crippen molar-refractivity contribution in [1.82, 2.24) is 14.3 Å². The van der Waals surface area contributed by atoms with Gasteiger partial charge in [0, 0.05) is 0 Å². The first-order valence-electron chi connectivity index (χ1n) is 7.95. The van der Waals surface area contributed by atoms with Crippen LogP contribution in [0.2, 0.25) is 0 Å². The maximum atomic E-state index is 13.2. The summed E-state index contributed by atoms with van der Waals surface area (Å²) < 4.78 is 79.9. The van der Waals surface area contributed by atoms with Crippen molar-refractivity contribution < 1.29 is 26.3 Å². The zero-order valence-corrected chi connectivity index (χ0v) is 14.3. The first-order chi connectivity index (χ1) is 13.0. The molecule has 1 heterocycles. The summed E-state index contributed by atoms with van der Waals surface area (Å²) in [5.74, 6) is 0. The van der Waals surface area contributed by atoms with Crippen molar-refractivity contribution in [3.05, 3.63) is 81.5 Å². The predicted molar refractivity (Wildman–Crippen MR) is 88.1 cm³/mol. The van der Waals surface area contributed by atoms with Crippen LogP contribution in [0.15, 0.2) is 53.6 Å². The lowest BCUT2D eigenvalue weighted by Gasteiger charge is -2.15. The van der Waals surface area contributed by atoms with Gasteiger partial charge in [-0.15, -0.1) is 0 Å². The highest BCUT2D eigenvalue weighted by atomic mass is 19.4. The predicted octanol–water partition coefficient (Wildman–Crippen LogP) is 4.43. The summed E-state index contributed by atoms with van der Waals surface area (Å²) >= 11 is 0. The Balaban J connectivity index is 2.00. The van der Waals surface area contributed by atoms with Gasteiger partial charge in [0.25, 0.3) is 0 Å². The molecule has 0 saturated carbocycles. The largest absolute Gasteiger partial charge is 0.416 e. The topological polar surface area (TPSA) is 39.8 Å². The van der Waals surface area contributed by atoms with Gasteiger partial charge in [0.2, 0.25) is 0 Å². The van der Waals surface area contributed by atoms with Crippen molar-refractivity contribution in [2.75, 3.05) is 0 Å². The fourth-order valence-corrected chi connectivity index (χ4v) is 2.64. The Hall–Kier alpha value is -3.04. The van der Waals surface area contributed by atoms with Crippen molar-refractivity contribution in [2.45, 2.75) is 25.8 Å². The molecule has 0 bridgehead atoms. The molecule has 2 aromatic carbocycles. The third kappa shape index (κ3) is 3.95. The SMILES string of the molecule is Cc1ccc(-n2cnn(Cc3ccc(C(F)(F)F)cc3C(F)(F)F)c2=O)cc1. The highest BCUT2D eigenvalue weighted by molar-refractivity contribution is 5.36. The Morgan fingerprint density at radius 2 is 1.57 bits per heavy atom. The van der Waals surface area contributed by atoms with Crippen LogP contribution in [-0.4, -0.2) is 14.3 Å². The molecule has 28 heavy (non-hydrogen) atoms. The average molecular weight is 401 g/mol. The van der Waals surface area contributed by atoms with Gasteiger partial charge in [-0.2, -0.15) is 31.4 Å². The maximum Gasteiger partial charge on any atom is 0.416 e. The Bertz CT molecular complexity index is 1040. The molecule has 4 nitrogen and oxygen atoms in total.